The molecule has 100 valence electrons. The van der Waals surface area contributed by atoms with Crippen molar-refractivity contribution < 1.29 is 14.4 Å². The Hall–Kier alpha value is -1.60. The second-order valence-corrected chi connectivity index (χ2v) is 5.49. The van der Waals surface area contributed by atoms with E-state index in [0.717, 1.165) is 22.2 Å². The maximum absolute atomic E-state index is 11.5. The number of carbonyl (C=O) groups excluding carboxylic acids is 3. The highest BCUT2D eigenvalue weighted by molar-refractivity contribution is 8.14. The summed E-state index contributed by atoms with van der Waals surface area (Å²) in [5.74, 6) is -0.235. The van der Waals surface area contributed by atoms with Crippen molar-refractivity contribution in [1.82, 2.24) is 10.2 Å². The molecular formula is C12H12N2O3S2. The van der Waals surface area contributed by atoms with Crippen molar-refractivity contribution in [3.05, 3.63) is 28.5 Å². The lowest BCUT2D eigenvalue weighted by atomic mass is 10.3. The predicted molar refractivity (Wildman–Crippen MR) is 75.9 cm³/mol. The van der Waals surface area contributed by atoms with Crippen molar-refractivity contribution in [3.63, 3.8) is 0 Å². The van der Waals surface area contributed by atoms with Crippen LogP contribution in [0, 0.1) is 0 Å². The Kier molecular flexibility index (Phi) is 4.75. The summed E-state index contributed by atoms with van der Waals surface area (Å²) in [5.41, 5.74) is 0.974. The fraction of sp³-hybridized carbons (Fsp3) is 0.250. The van der Waals surface area contributed by atoms with Crippen molar-refractivity contribution >= 4 is 46.2 Å². The zero-order valence-electron chi connectivity index (χ0n) is 10.00. The van der Waals surface area contributed by atoms with Gasteiger partial charge in [0, 0.05) is 19.2 Å². The molecule has 0 spiro atoms. The van der Waals surface area contributed by atoms with Crippen LogP contribution in [-0.2, 0) is 9.59 Å². The Balaban J connectivity index is 1.72. The summed E-state index contributed by atoms with van der Waals surface area (Å²) in [6.07, 6.45) is 3.15. The van der Waals surface area contributed by atoms with E-state index in [2.05, 4.69) is 5.32 Å². The van der Waals surface area contributed by atoms with Crippen LogP contribution in [0.5, 0.6) is 0 Å². The molecule has 3 amide bonds. The molecule has 0 aliphatic carbocycles. The number of hydrogen-bond acceptors (Lipinski definition) is 5. The molecule has 1 aromatic rings. The van der Waals surface area contributed by atoms with E-state index in [-0.39, 0.29) is 35.9 Å². The van der Waals surface area contributed by atoms with Gasteiger partial charge in [-0.1, -0.05) is 11.8 Å². The molecule has 0 radical (unpaired) electrons. The molecule has 2 heterocycles. The number of hydrogen-bond donors (Lipinski definition) is 1. The van der Waals surface area contributed by atoms with Gasteiger partial charge in [-0.25, -0.2) is 0 Å². The summed E-state index contributed by atoms with van der Waals surface area (Å²) in [6.45, 7) is 0.494. The number of carbonyl (C=O) groups is 3. The number of nitrogens with zero attached hydrogens (tertiary/aromatic N) is 1. The lowest BCUT2D eigenvalue weighted by molar-refractivity contribution is -0.125. The third-order valence-corrected chi connectivity index (χ3v) is 4.01. The fourth-order valence-corrected chi connectivity index (χ4v) is 2.87. The summed E-state index contributed by atoms with van der Waals surface area (Å²) >= 11 is 2.55. The lowest BCUT2D eigenvalue weighted by Crippen LogP contribution is -2.36. The molecule has 0 saturated carbocycles. The molecule has 1 N–H and O–H groups in total. The van der Waals surface area contributed by atoms with Crippen molar-refractivity contribution in [1.29, 1.82) is 0 Å². The maximum Gasteiger partial charge on any atom is 0.288 e. The van der Waals surface area contributed by atoms with E-state index in [1.807, 2.05) is 16.8 Å². The number of rotatable bonds is 5. The minimum atomic E-state index is -0.243. The molecule has 1 saturated heterocycles. The zero-order chi connectivity index (χ0) is 13.7. The number of thiophene rings is 1. The van der Waals surface area contributed by atoms with Crippen molar-refractivity contribution in [3.8, 4) is 0 Å². The monoisotopic (exact) mass is 296 g/mol. The summed E-state index contributed by atoms with van der Waals surface area (Å²) in [6, 6.07) is 1.91. The van der Waals surface area contributed by atoms with Gasteiger partial charge in [0.05, 0.1) is 5.75 Å². The molecule has 0 atom stereocenters. The Morgan fingerprint density at radius 2 is 2.32 bits per heavy atom. The molecular weight excluding hydrogens is 284 g/mol. The van der Waals surface area contributed by atoms with Gasteiger partial charge in [0.25, 0.3) is 5.24 Å². The molecule has 1 aliphatic rings. The Morgan fingerprint density at radius 1 is 1.47 bits per heavy atom. The van der Waals surface area contributed by atoms with Crippen LogP contribution in [0.2, 0.25) is 0 Å². The minimum Gasteiger partial charge on any atom is -0.351 e. The number of thioether (sulfide) groups is 1. The predicted octanol–water partition coefficient (Wildman–Crippen LogP) is 1.57. The average Bonchev–Trinajstić information content (AvgIpc) is 3.00. The van der Waals surface area contributed by atoms with Crippen LogP contribution >= 0.6 is 23.1 Å². The second-order valence-electron chi connectivity index (χ2n) is 3.78. The quantitative estimate of drug-likeness (QED) is 0.838. The van der Waals surface area contributed by atoms with Crippen LogP contribution in [0.1, 0.15) is 5.56 Å². The van der Waals surface area contributed by atoms with E-state index in [1.54, 1.807) is 17.4 Å². The third kappa shape index (κ3) is 3.93. The van der Waals surface area contributed by atoms with E-state index < -0.39 is 0 Å². The van der Waals surface area contributed by atoms with Crippen molar-refractivity contribution in [2.24, 2.45) is 0 Å². The smallest absolute Gasteiger partial charge is 0.288 e. The molecule has 1 fully saturated rings. The van der Waals surface area contributed by atoms with Crippen LogP contribution in [0.4, 0.5) is 4.79 Å². The first-order valence-corrected chi connectivity index (χ1v) is 7.55. The largest absolute Gasteiger partial charge is 0.351 e. The van der Waals surface area contributed by atoms with E-state index in [1.165, 1.54) is 6.08 Å². The van der Waals surface area contributed by atoms with Crippen LogP contribution in [-0.4, -0.2) is 40.8 Å². The number of imide groups is 1. The van der Waals surface area contributed by atoms with Gasteiger partial charge in [0.15, 0.2) is 0 Å². The summed E-state index contributed by atoms with van der Waals surface area (Å²) in [7, 11) is 0. The lowest BCUT2D eigenvalue weighted by Gasteiger charge is -2.12. The summed E-state index contributed by atoms with van der Waals surface area (Å²) in [5, 5.41) is 6.26. The molecule has 19 heavy (non-hydrogen) atoms. The second kappa shape index (κ2) is 6.53. The zero-order valence-corrected chi connectivity index (χ0v) is 11.6. The van der Waals surface area contributed by atoms with Crippen LogP contribution < -0.4 is 5.32 Å². The van der Waals surface area contributed by atoms with Crippen molar-refractivity contribution in [2.75, 3.05) is 18.8 Å². The normalized spacial score (nSPS) is 15.5. The van der Waals surface area contributed by atoms with Gasteiger partial charge >= 0.3 is 0 Å². The Labute approximate surface area is 118 Å². The van der Waals surface area contributed by atoms with Gasteiger partial charge in [-0.05, 0) is 28.5 Å². The van der Waals surface area contributed by atoms with E-state index >= 15 is 0 Å². The summed E-state index contributed by atoms with van der Waals surface area (Å²) in [4.78, 5) is 35.2. The SMILES string of the molecule is O=C(/C=C/c1ccsc1)NCCN1C(=O)CSC1=O. The van der Waals surface area contributed by atoms with Gasteiger partial charge < -0.3 is 5.32 Å². The maximum atomic E-state index is 11.5. The molecule has 0 bridgehead atoms. The van der Waals surface area contributed by atoms with Gasteiger partial charge in [-0.2, -0.15) is 11.3 Å². The average molecular weight is 296 g/mol. The van der Waals surface area contributed by atoms with Crippen molar-refractivity contribution in [2.45, 2.75) is 0 Å². The molecule has 1 aromatic heterocycles. The Bertz CT molecular complexity index is 495. The van der Waals surface area contributed by atoms with Crippen LogP contribution in [0.15, 0.2) is 22.9 Å². The molecule has 5 nitrogen and oxygen atoms in total. The fourth-order valence-electron chi connectivity index (χ4n) is 1.49. The first-order chi connectivity index (χ1) is 9.16. The topological polar surface area (TPSA) is 66.5 Å². The van der Waals surface area contributed by atoms with E-state index in [9.17, 15) is 14.4 Å². The van der Waals surface area contributed by atoms with Gasteiger partial charge in [0.2, 0.25) is 11.8 Å². The van der Waals surface area contributed by atoms with Gasteiger partial charge in [0.1, 0.15) is 0 Å². The highest BCUT2D eigenvalue weighted by atomic mass is 32.2. The molecule has 2 rings (SSSR count). The third-order valence-electron chi connectivity index (χ3n) is 2.45. The number of amides is 3. The van der Waals surface area contributed by atoms with Crippen LogP contribution in [0.3, 0.4) is 0 Å². The molecule has 0 aromatic carbocycles. The molecule has 7 heteroatoms. The molecule has 1 aliphatic heterocycles. The van der Waals surface area contributed by atoms with Gasteiger partial charge in [-0.15, -0.1) is 0 Å². The number of nitrogens with one attached hydrogen (secondary N) is 1. The molecule has 0 unspecified atom stereocenters. The summed E-state index contributed by atoms with van der Waals surface area (Å²) < 4.78 is 0. The minimum absolute atomic E-state index is 0.196. The van der Waals surface area contributed by atoms with Gasteiger partial charge in [-0.3, -0.25) is 19.3 Å². The van der Waals surface area contributed by atoms with E-state index in [4.69, 9.17) is 0 Å². The Morgan fingerprint density at radius 3 is 2.95 bits per heavy atom. The highest BCUT2D eigenvalue weighted by Gasteiger charge is 2.29. The standard InChI is InChI=1S/C12H12N2O3S2/c15-10(2-1-9-3-6-18-7-9)13-4-5-14-11(16)8-19-12(14)17/h1-3,6-7H,4-5,8H2,(H,13,15)/b2-1+. The van der Waals surface area contributed by atoms with E-state index in [0.29, 0.717) is 0 Å². The highest BCUT2D eigenvalue weighted by Crippen LogP contribution is 2.17. The first kappa shape index (κ1) is 13.8. The van der Waals surface area contributed by atoms with Crippen LogP contribution in [0.25, 0.3) is 6.08 Å². The first-order valence-electron chi connectivity index (χ1n) is 5.62.